The van der Waals surface area contributed by atoms with Crippen LogP contribution in [0.25, 0.3) is 6.08 Å². The van der Waals surface area contributed by atoms with Crippen LogP contribution >= 0.6 is 0 Å². The second-order valence-electron chi connectivity index (χ2n) is 3.91. The minimum Gasteiger partial charge on any atom is -0.390 e. The van der Waals surface area contributed by atoms with Crippen molar-refractivity contribution in [1.29, 1.82) is 0 Å². The lowest BCUT2D eigenvalue weighted by molar-refractivity contribution is -0.384. The van der Waals surface area contributed by atoms with Crippen molar-refractivity contribution in [3.05, 3.63) is 46.0 Å². The Morgan fingerprint density at radius 3 is 2.50 bits per heavy atom. The summed E-state index contributed by atoms with van der Waals surface area (Å²) in [6, 6.07) is 5.36. The van der Waals surface area contributed by atoms with E-state index in [2.05, 4.69) is 0 Å². The number of nitro groups is 1. The van der Waals surface area contributed by atoms with E-state index in [1.54, 1.807) is 0 Å². The molecule has 0 saturated carbocycles. The first kappa shape index (κ1) is 15.7. The monoisotopic (exact) mass is 286 g/mol. The highest BCUT2D eigenvalue weighted by Crippen LogP contribution is 2.13. The van der Waals surface area contributed by atoms with Crippen molar-refractivity contribution in [3.8, 4) is 0 Å². The lowest BCUT2D eigenvalue weighted by Crippen LogP contribution is -2.38. The number of nitrogens with one attached hydrogen (secondary N) is 1. The van der Waals surface area contributed by atoms with Gasteiger partial charge < -0.3 is 10.4 Å². The molecular weight excluding hydrogens is 274 g/mol. The smallest absolute Gasteiger partial charge is 0.287 e. The van der Waals surface area contributed by atoms with Gasteiger partial charge in [-0.05, 0) is 23.8 Å². The molecule has 0 unspecified atom stereocenters. The lowest BCUT2D eigenvalue weighted by Gasteiger charge is -2.12. The first-order chi connectivity index (χ1) is 9.34. The zero-order valence-corrected chi connectivity index (χ0v) is 10.3. The summed E-state index contributed by atoms with van der Waals surface area (Å²) >= 11 is 0. The fourth-order valence-corrected chi connectivity index (χ4v) is 1.21. The van der Waals surface area contributed by atoms with Crippen LogP contribution in [0.1, 0.15) is 5.56 Å². The fourth-order valence-electron chi connectivity index (χ4n) is 1.21. The van der Waals surface area contributed by atoms with Crippen molar-refractivity contribution in [3.63, 3.8) is 0 Å². The van der Waals surface area contributed by atoms with Crippen LogP contribution in [-0.2, 0) is 4.79 Å². The summed E-state index contributed by atoms with van der Waals surface area (Å²) < 4.78 is 25.3. The van der Waals surface area contributed by atoms with Crippen molar-refractivity contribution in [2.75, 3.05) is 13.2 Å². The van der Waals surface area contributed by atoms with E-state index in [1.165, 1.54) is 30.3 Å². The zero-order valence-electron chi connectivity index (χ0n) is 10.3. The van der Waals surface area contributed by atoms with Gasteiger partial charge in [0.2, 0.25) is 5.91 Å². The average molecular weight is 286 g/mol. The molecule has 0 saturated heterocycles. The minimum atomic E-state index is -3.36. The highest BCUT2D eigenvalue weighted by Gasteiger charge is 2.27. The van der Waals surface area contributed by atoms with Gasteiger partial charge in [0.1, 0.15) is 6.61 Å². The quantitative estimate of drug-likeness (QED) is 0.469. The Balaban J connectivity index is 2.55. The summed E-state index contributed by atoms with van der Waals surface area (Å²) in [5.41, 5.74) is 0.425. The molecule has 1 rings (SSSR count). The van der Waals surface area contributed by atoms with Crippen LogP contribution in [-0.4, -0.2) is 35.0 Å². The van der Waals surface area contributed by atoms with Crippen molar-refractivity contribution in [2.24, 2.45) is 0 Å². The number of nitrogens with zero attached hydrogens (tertiary/aromatic N) is 1. The Labute approximate surface area is 112 Å². The molecule has 0 aliphatic heterocycles. The Morgan fingerprint density at radius 2 is 2.00 bits per heavy atom. The third-order valence-corrected chi connectivity index (χ3v) is 2.28. The number of hydrogen-bond donors (Lipinski definition) is 2. The van der Waals surface area contributed by atoms with E-state index in [0.717, 1.165) is 6.08 Å². The van der Waals surface area contributed by atoms with Gasteiger partial charge in [-0.2, -0.15) is 0 Å². The van der Waals surface area contributed by atoms with Crippen LogP contribution in [0.2, 0.25) is 0 Å². The van der Waals surface area contributed by atoms with E-state index < -0.39 is 29.9 Å². The molecule has 1 amide bonds. The second-order valence-corrected chi connectivity index (χ2v) is 3.91. The van der Waals surface area contributed by atoms with Gasteiger partial charge in [0, 0.05) is 18.2 Å². The predicted molar refractivity (Wildman–Crippen MR) is 67.2 cm³/mol. The molecule has 0 radical (unpaired) electrons. The Kier molecular flexibility index (Phi) is 5.27. The van der Waals surface area contributed by atoms with Gasteiger partial charge in [-0.15, -0.1) is 0 Å². The van der Waals surface area contributed by atoms with Crippen molar-refractivity contribution in [1.82, 2.24) is 5.32 Å². The normalized spacial score (nSPS) is 11.6. The minimum absolute atomic E-state index is 0.0887. The summed E-state index contributed by atoms with van der Waals surface area (Å²) in [4.78, 5) is 21.1. The molecular formula is C12H12F2N2O4. The van der Waals surface area contributed by atoms with Gasteiger partial charge in [0.25, 0.3) is 11.6 Å². The maximum absolute atomic E-state index is 12.6. The van der Waals surface area contributed by atoms with Crippen LogP contribution in [0.5, 0.6) is 0 Å². The van der Waals surface area contributed by atoms with Crippen molar-refractivity contribution >= 4 is 17.7 Å². The molecule has 0 aliphatic rings. The van der Waals surface area contributed by atoms with E-state index in [0.29, 0.717) is 5.56 Å². The van der Waals surface area contributed by atoms with Crippen LogP contribution < -0.4 is 5.32 Å². The number of halogens is 2. The molecule has 0 atom stereocenters. The molecule has 1 aromatic rings. The Morgan fingerprint density at radius 1 is 1.40 bits per heavy atom. The van der Waals surface area contributed by atoms with E-state index in [4.69, 9.17) is 5.11 Å². The lowest BCUT2D eigenvalue weighted by atomic mass is 10.2. The third kappa shape index (κ3) is 5.11. The van der Waals surface area contributed by atoms with Gasteiger partial charge in [-0.1, -0.05) is 0 Å². The second kappa shape index (κ2) is 6.71. The summed E-state index contributed by atoms with van der Waals surface area (Å²) in [7, 11) is 0. The number of nitro benzene ring substituents is 1. The topological polar surface area (TPSA) is 92.5 Å². The van der Waals surface area contributed by atoms with Crippen molar-refractivity contribution in [2.45, 2.75) is 5.92 Å². The molecule has 8 heteroatoms. The number of aliphatic hydroxyl groups excluding tert-OH is 1. The highest BCUT2D eigenvalue weighted by atomic mass is 19.3. The summed E-state index contributed by atoms with van der Waals surface area (Å²) in [5, 5.41) is 20.7. The number of amides is 1. The van der Waals surface area contributed by atoms with Gasteiger partial charge >= 0.3 is 0 Å². The first-order valence-electron chi connectivity index (χ1n) is 5.53. The standard InChI is InChI=1S/C12H12F2N2O4/c13-12(14,8-17)7-15-11(18)6-3-9-1-4-10(5-2-9)16(19)20/h1-6,17H,7-8H2,(H,15,18)/b6-3+. The maximum Gasteiger partial charge on any atom is 0.287 e. The summed E-state index contributed by atoms with van der Waals surface area (Å²) in [6.07, 6.45) is 2.35. The van der Waals surface area contributed by atoms with Crippen LogP contribution in [0.4, 0.5) is 14.5 Å². The summed E-state index contributed by atoms with van der Waals surface area (Å²) in [6.45, 7) is -2.31. The molecule has 2 N–H and O–H groups in total. The van der Waals surface area contributed by atoms with E-state index >= 15 is 0 Å². The number of aliphatic hydroxyl groups is 1. The number of carbonyl (C=O) groups excluding carboxylic acids is 1. The highest BCUT2D eigenvalue weighted by molar-refractivity contribution is 5.91. The zero-order chi connectivity index (χ0) is 15.2. The molecule has 0 aliphatic carbocycles. The summed E-state index contributed by atoms with van der Waals surface area (Å²) in [5.74, 6) is -4.12. The van der Waals surface area contributed by atoms with E-state index in [1.807, 2.05) is 5.32 Å². The molecule has 108 valence electrons. The molecule has 20 heavy (non-hydrogen) atoms. The number of hydrogen-bond acceptors (Lipinski definition) is 4. The number of carbonyl (C=O) groups is 1. The van der Waals surface area contributed by atoms with Crippen molar-refractivity contribution < 1.29 is 23.6 Å². The van der Waals surface area contributed by atoms with Crippen LogP contribution in [0.3, 0.4) is 0 Å². The van der Waals surface area contributed by atoms with E-state index in [-0.39, 0.29) is 5.69 Å². The number of alkyl halides is 2. The molecule has 0 heterocycles. The number of rotatable bonds is 6. The Hall–Kier alpha value is -2.35. The molecule has 0 aromatic heterocycles. The fraction of sp³-hybridized carbons (Fsp3) is 0.250. The average Bonchev–Trinajstić information content (AvgIpc) is 2.43. The van der Waals surface area contributed by atoms with Gasteiger partial charge in [0.05, 0.1) is 11.5 Å². The van der Waals surface area contributed by atoms with Gasteiger partial charge in [-0.3, -0.25) is 14.9 Å². The van der Waals surface area contributed by atoms with E-state index in [9.17, 15) is 23.7 Å². The maximum atomic E-state index is 12.6. The largest absolute Gasteiger partial charge is 0.390 e. The van der Waals surface area contributed by atoms with Gasteiger partial charge in [0.15, 0.2) is 0 Å². The Bertz CT molecular complexity index is 515. The van der Waals surface area contributed by atoms with Crippen LogP contribution in [0, 0.1) is 10.1 Å². The predicted octanol–water partition coefficient (Wildman–Crippen LogP) is 1.35. The molecule has 0 bridgehead atoms. The molecule has 6 nitrogen and oxygen atoms in total. The molecule has 1 aromatic carbocycles. The van der Waals surface area contributed by atoms with Crippen LogP contribution in [0.15, 0.2) is 30.3 Å². The molecule has 0 fully saturated rings. The third-order valence-electron chi connectivity index (χ3n) is 2.28. The first-order valence-corrected chi connectivity index (χ1v) is 5.53. The van der Waals surface area contributed by atoms with Gasteiger partial charge in [-0.25, -0.2) is 8.78 Å². The number of benzene rings is 1. The SMILES string of the molecule is O=C(/C=C/c1ccc([N+](=O)[O-])cc1)NCC(F)(F)CO. The molecule has 0 spiro atoms. The number of non-ortho nitro benzene ring substituents is 1.